The maximum Gasteiger partial charge on any atom is 0.231 e. The third-order valence-corrected chi connectivity index (χ3v) is 3.86. The number of piperidine rings is 1. The summed E-state index contributed by atoms with van der Waals surface area (Å²) in [5.74, 6) is 2.63. The molecule has 3 heterocycles. The van der Waals surface area contributed by atoms with Gasteiger partial charge < -0.3 is 14.7 Å². The zero-order chi connectivity index (χ0) is 11.7. The molecule has 0 radical (unpaired) electrons. The molecule has 5 heteroatoms. The van der Waals surface area contributed by atoms with Gasteiger partial charge in [0.2, 0.25) is 5.89 Å². The molecule has 2 fully saturated rings. The molecule has 3 rings (SSSR count). The SMILES string of the molecule is CN1CCC(c2noc(C3CCCNC3)n2)C1. The average Bonchev–Trinajstić information content (AvgIpc) is 2.98. The highest BCUT2D eigenvalue weighted by atomic mass is 16.5. The second-order valence-electron chi connectivity index (χ2n) is 5.28. The number of hydrogen-bond acceptors (Lipinski definition) is 5. The molecule has 2 aliphatic heterocycles. The lowest BCUT2D eigenvalue weighted by atomic mass is 10.00. The van der Waals surface area contributed by atoms with Gasteiger partial charge in [-0.05, 0) is 39.4 Å². The van der Waals surface area contributed by atoms with E-state index >= 15 is 0 Å². The monoisotopic (exact) mass is 236 g/mol. The highest BCUT2D eigenvalue weighted by Crippen LogP contribution is 2.27. The van der Waals surface area contributed by atoms with Crippen LogP contribution in [0.25, 0.3) is 0 Å². The molecule has 2 atom stereocenters. The zero-order valence-corrected chi connectivity index (χ0v) is 10.4. The number of likely N-dealkylation sites (tertiary alicyclic amines) is 1. The molecule has 2 aliphatic rings. The third kappa shape index (κ3) is 2.35. The summed E-state index contributed by atoms with van der Waals surface area (Å²) in [6, 6.07) is 0. The lowest BCUT2D eigenvalue weighted by Crippen LogP contribution is -2.28. The smallest absolute Gasteiger partial charge is 0.231 e. The van der Waals surface area contributed by atoms with Gasteiger partial charge in [0.15, 0.2) is 5.82 Å². The van der Waals surface area contributed by atoms with Crippen molar-refractivity contribution < 1.29 is 4.52 Å². The van der Waals surface area contributed by atoms with Crippen LogP contribution in [-0.4, -0.2) is 48.3 Å². The summed E-state index contributed by atoms with van der Waals surface area (Å²) < 4.78 is 5.43. The van der Waals surface area contributed by atoms with E-state index in [1.54, 1.807) is 0 Å². The van der Waals surface area contributed by atoms with Crippen molar-refractivity contribution in [1.29, 1.82) is 0 Å². The van der Waals surface area contributed by atoms with Crippen molar-refractivity contribution in [2.24, 2.45) is 0 Å². The van der Waals surface area contributed by atoms with Crippen molar-refractivity contribution in [3.05, 3.63) is 11.7 Å². The Morgan fingerprint density at radius 3 is 3.00 bits per heavy atom. The van der Waals surface area contributed by atoms with E-state index in [4.69, 9.17) is 4.52 Å². The molecular formula is C12H20N4O. The van der Waals surface area contributed by atoms with Crippen molar-refractivity contribution in [3.8, 4) is 0 Å². The molecule has 0 aliphatic carbocycles. The molecule has 0 spiro atoms. The van der Waals surface area contributed by atoms with Crippen LogP contribution in [0.1, 0.15) is 42.8 Å². The Labute approximate surface area is 102 Å². The molecule has 0 aromatic carbocycles. The minimum absolute atomic E-state index is 0.420. The van der Waals surface area contributed by atoms with Gasteiger partial charge in [0, 0.05) is 19.0 Å². The molecule has 0 saturated carbocycles. The quantitative estimate of drug-likeness (QED) is 0.828. The molecule has 0 bridgehead atoms. The number of likely N-dealkylation sites (N-methyl/N-ethyl adjacent to an activating group) is 1. The summed E-state index contributed by atoms with van der Waals surface area (Å²) in [5, 5.41) is 7.55. The van der Waals surface area contributed by atoms with Crippen LogP contribution in [-0.2, 0) is 0 Å². The van der Waals surface area contributed by atoms with E-state index < -0.39 is 0 Å². The van der Waals surface area contributed by atoms with Crippen LogP contribution in [0.3, 0.4) is 0 Å². The molecular weight excluding hydrogens is 216 g/mol. The molecule has 5 nitrogen and oxygen atoms in total. The van der Waals surface area contributed by atoms with E-state index in [1.807, 2.05) is 0 Å². The van der Waals surface area contributed by atoms with Crippen LogP contribution in [0.2, 0.25) is 0 Å². The minimum atomic E-state index is 0.420. The summed E-state index contributed by atoms with van der Waals surface area (Å²) in [6.07, 6.45) is 3.52. The second kappa shape index (κ2) is 4.74. The Bertz CT molecular complexity index is 353. The largest absolute Gasteiger partial charge is 0.339 e. The number of nitrogens with zero attached hydrogens (tertiary/aromatic N) is 3. The topological polar surface area (TPSA) is 54.2 Å². The first-order valence-corrected chi connectivity index (χ1v) is 6.55. The van der Waals surface area contributed by atoms with Gasteiger partial charge in [-0.3, -0.25) is 0 Å². The maximum atomic E-state index is 5.43. The van der Waals surface area contributed by atoms with Crippen LogP contribution in [0.15, 0.2) is 4.52 Å². The van der Waals surface area contributed by atoms with Crippen LogP contribution in [0.4, 0.5) is 0 Å². The van der Waals surface area contributed by atoms with Crippen molar-refractivity contribution >= 4 is 0 Å². The number of aromatic nitrogens is 2. The number of nitrogens with one attached hydrogen (secondary N) is 1. The van der Waals surface area contributed by atoms with Gasteiger partial charge in [-0.2, -0.15) is 4.98 Å². The third-order valence-electron chi connectivity index (χ3n) is 3.86. The van der Waals surface area contributed by atoms with E-state index in [1.165, 1.54) is 12.8 Å². The van der Waals surface area contributed by atoms with E-state index in [9.17, 15) is 0 Å². The predicted octanol–water partition coefficient (Wildman–Crippen LogP) is 0.956. The van der Waals surface area contributed by atoms with Gasteiger partial charge in [-0.15, -0.1) is 0 Å². The summed E-state index contributed by atoms with van der Waals surface area (Å²) in [4.78, 5) is 6.93. The lowest BCUT2D eigenvalue weighted by molar-refractivity contribution is 0.318. The fourth-order valence-electron chi connectivity index (χ4n) is 2.79. The van der Waals surface area contributed by atoms with Gasteiger partial charge in [0.05, 0.1) is 5.92 Å². The lowest BCUT2D eigenvalue weighted by Gasteiger charge is -2.18. The van der Waals surface area contributed by atoms with E-state index in [0.717, 1.165) is 44.3 Å². The van der Waals surface area contributed by atoms with Gasteiger partial charge >= 0.3 is 0 Å². The Hall–Kier alpha value is -0.940. The summed E-state index contributed by atoms with van der Waals surface area (Å²) in [6.45, 7) is 4.29. The molecule has 17 heavy (non-hydrogen) atoms. The Kier molecular flexibility index (Phi) is 3.11. The second-order valence-corrected chi connectivity index (χ2v) is 5.28. The average molecular weight is 236 g/mol. The first-order valence-electron chi connectivity index (χ1n) is 6.55. The number of hydrogen-bond donors (Lipinski definition) is 1. The molecule has 1 N–H and O–H groups in total. The van der Waals surface area contributed by atoms with Gasteiger partial charge in [-0.25, -0.2) is 0 Å². The van der Waals surface area contributed by atoms with E-state index in [-0.39, 0.29) is 0 Å². The van der Waals surface area contributed by atoms with Crippen molar-refractivity contribution in [3.63, 3.8) is 0 Å². The summed E-state index contributed by atoms with van der Waals surface area (Å²) in [5.41, 5.74) is 0. The van der Waals surface area contributed by atoms with Gasteiger partial charge in [0.1, 0.15) is 0 Å². The highest BCUT2D eigenvalue weighted by Gasteiger charge is 2.27. The zero-order valence-electron chi connectivity index (χ0n) is 10.4. The molecule has 2 saturated heterocycles. The van der Waals surface area contributed by atoms with Crippen LogP contribution < -0.4 is 5.32 Å². The Morgan fingerprint density at radius 1 is 1.35 bits per heavy atom. The molecule has 2 unspecified atom stereocenters. The van der Waals surface area contributed by atoms with Crippen LogP contribution in [0, 0.1) is 0 Å². The minimum Gasteiger partial charge on any atom is -0.339 e. The van der Waals surface area contributed by atoms with Crippen molar-refractivity contribution in [2.75, 3.05) is 33.2 Å². The normalized spacial score (nSPS) is 30.9. The maximum absolute atomic E-state index is 5.43. The van der Waals surface area contributed by atoms with Gasteiger partial charge in [0.25, 0.3) is 0 Å². The first-order chi connectivity index (χ1) is 8.33. The van der Waals surface area contributed by atoms with Crippen molar-refractivity contribution in [2.45, 2.75) is 31.1 Å². The van der Waals surface area contributed by atoms with Crippen LogP contribution >= 0.6 is 0 Å². The highest BCUT2D eigenvalue weighted by molar-refractivity contribution is 5.03. The molecule has 1 aromatic rings. The standard InChI is InChI=1S/C12H20N4O/c1-16-6-4-10(8-16)11-14-12(17-15-11)9-3-2-5-13-7-9/h9-10,13H,2-8H2,1H3. The number of rotatable bonds is 2. The van der Waals surface area contributed by atoms with E-state index in [0.29, 0.717) is 11.8 Å². The van der Waals surface area contributed by atoms with Crippen LogP contribution in [0.5, 0.6) is 0 Å². The summed E-state index contributed by atoms with van der Waals surface area (Å²) >= 11 is 0. The Morgan fingerprint density at radius 2 is 2.29 bits per heavy atom. The molecule has 1 aromatic heterocycles. The van der Waals surface area contributed by atoms with E-state index in [2.05, 4.69) is 27.4 Å². The Balaban J connectivity index is 1.69. The molecule has 0 amide bonds. The summed E-state index contributed by atoms with van der Waals surface area (Å²) in [7, 11) is 2.14. The molecule has 94 valence electrons. The fraction of sp³-hybridized carbons (Fsp3) is 0.833. The fourth-order valence-corrected chi connectivity index (χ4v) is 2.79. The van der Waals surface area contributed by atoms with Crippen molar-refractivity contribution in [1.82, 2.24) is 20.4 Å². The predicted molar refractivity (Wildman–Crippen MR) is 64.0 cm³/mol. The van der Waals surface area contributed by atoms with Gasteiger partial charge in [-0.1, -0.05) is 5.16 Å². The first kappa shape index (κ1) is 11.2.